The Morgan fingerprint density at radius 2 is 1.28 bits per heavy atom. The molecule has 3 atom stereocenters. The first-order chi connectivity index (χ1) is 8.38. The third kappa shape index (κ3) is 4.36. The van der Waals surface area contributed by atoms with Crippen molar-refractivity contribution in [3.8, 4) is 0 Å². The normalized spacial score (nSPS) is 27.0. The van der Waals surface area contributed by atoms with E-state index in [1.807, 2.05) is 0 Å². The summed E-state index contributed by atoms with van der Waals surface area (Å²) in [6.45, 7) is 0. The smallest absolute Gasteiger partial charge is 0.450 e. The minimum Gasteiger partial charge on any atom is -0.450 e. The van der Waals surface area contributed by atoms with Crippen LogP contribution in [-0.4, -0.2) is 52.1 Å². The largest absolute Gasteiger partial charge is 0.506 e. The zero-order chi connectivity index (χ0) is 13.7. The lowest BCUT2D eigenvalue weighted by molar-refractivity contribution is -0.0874. The average molecular weight is 264 g/mol. The number of rotatable bonds is 3. The molecule has 0 aromatic heterocycles. The van der Waals surface area contributed by atoms with Gasteiger partial charge in [0.2, 0.25) is 0 Å². The molecule has 0 bridgehead atoms. The lowest BCUT2D eigenvalue weighted by Gasteiger charge is -2.32. The van der Waals surface area contributed by atoms with Gasteiger partial charge in [-0.25, -0.2) is 14.4 Å². The predicted molar refractivity (Wildman–Crippen MR) is 52.5 cm³/mol. The Morgan fingerprint density at radius 1 is 0.778 bits per heavy atom. The van der Waals surface area contributed by atoms with Crippen LogP contribution >= 0.6 is 0 Å². The molecule has 0 spiro atoms. The number of hydrogen-bond acceptors (Lipinski definition) is 6. The molecule has 0 aromatic rings. The van der Waals surface area contributed by atoms with Crippen LogP contribution in [0.3, 0.4) is 0 Å². The van der Waals surface area contributed by atoms with Crippen molar-refractivity contribution in [3.63, 3.8) is 0 Å². The van der Waals surface area contributed by atoms with Gasteiger partial charge < -0.3 is 29.5 Å². The molecule has 1 aliphatic rings. The first kappa shape index (κ1) is 13.9. The maximum atomic E-state index is 10.4. The molecular weight excluding hydrogens is 252 g/mol. The van der Waals surface area contributed by atoms with Crippen molar-refractivity contribution in [3.05, 3.63) is 0 Å². The van der Waals surface area contributed by atoms with Crippen molar-refractivity contribution in [2.45, 2.75) is 37.6 Å². The minimum absolute atomic E-state index is 0.0729. The minimum atomic E-state index is -1.59. The summed E-state index contributed by atoms with van der Waals surface area (Å²) in [5, 5.41) is 25.4. The van der Waals surface area contributed by atoms with Crippen LogP contribution in [0.2, 0.25) is 0 Å². The van der Waals surface area contributed by atoms with Crippen molar-refractivity contribution in [1.82, 2.24) is 0 Å². The molecule has 0 amide bonds. The van der Waals surface area contributed by atoms with Crippen LogP contribution in [0.4, 0.5) is 14.4 Å². The summed E-state index contributed by atoms with van der Waals surface area (Å²) in [6, 6.07) is 0. The first-order valence-electron chi connectivity index (χ1n) is 5.07. The van der Waals surface area contributed by atoms with Crippen LogP contribution in [0.1, 0.15) is 19.3 Å². The molecule has 18 heavy (non-hydrogen) atoms. The highest BCUT2D eigenvalue weighted by Crippen LogP contribution is 2.26. The molecule has 1 fully saturated rings. The number of carbonyl (C=O) groups is 3. The lowest BCUT2D eigenvalue weighted by Crippen LogP contribution is -2.42. The summed E-state index contributed by atoms with van der Waals surface area (Å²) in [7, 11) is 0. The standard InChI is InChI=1S/C9H12O9/c10-7(11)16-4-1-2-5(17-8(12)13)6(3-4)18-9(14)15/h4-6H,1-3H2,(H,10,11)(H,12,13)(H,14,15). The van der Waals surface area contributed by atoms with Gasteiger partial charge in [0.05, 0.1) is 0 Å². The number of hydrogen-bond donors (Lipinski definition) is 3. The van der Waals surface area contributed by atoms with E-state index in [9.17, 15) is 14.4 Å². The highest BCUT2D eigenvalue weighted by atomic mass is 16.7. The van der Waals surface area contributed by atoms with Gasteiger partial charge in [-0.05, 0) is 12.8 Å². The molecule has 3 N–H and O–H groups in total. The van der Waals surface area contributed by atoms with Gasteiger partial charge in [-0.1, -0.05) is 0 Å². The van der Waals surface area contributed by atoms with Gasteiger partial charge in [0.25, 0.3) is 0 Å². The second kappa shape index (κ2) is 5.94. The topological polar surface area (TPSA) is 140 Å². The Balaban J connectivity index is 2.62. The fourth-order valence-corrected chi connectivity index (χ4v) is 1.83. The first-order valence-corrected chi connectivity index (χ1v) is 5.07. The molecule has 0 saturated heterocycles. The molecule has 0 radical (unpaired) electrons. The zero-order valence-electron chi connectivity index (χ0n) is 9.14. The van der Waals surface area contributed by atoms with E-state index in [-0.39, 0.29) is 19.3 Å². The summed E-state index contributed by atoms with van der Waals surface area (Å²) < 4.78 is 13.5. The fraction of sp³-hybridized carbons (Fsp3) is 0.667. The van der Waals surface area contributed by atoms with Gasteiger partial charge >= 0.3 is 18.5 Å². The quantitative estimate of drug-likeness (QED) is 0.508. The molecule has 9 nitrogen and oxygen atoms in total. The van der Waals surface area contributed by atoms with E-state index >= 15 is 0 Å². The SMILES string of the molecule is O=C(O)OC1CCC(OC(=O)O)C(OC(=O)O)C1. The second-order valence-corrected chi connectivity index (χ2v) is 3.66. The van der Waals surface area contributed by atoms with Crippen LogP contribution in [0, 0.1) is 0 Å². The molecule has 1 rings (SSSR count). The van der Waals surface area contributed by atoms with Crippen LogP contribution in [0.5, 0.6) is 0 Å². The highest BCUT2D eigenvalue weighted by molar-refractivity contribution is 5.59. The van der Waals surface area contributed by atoms with E-state index in [0.717, 1.165) is 0 Å². The molecule has 1 saturated carbocycles. The molecule has 102 valence electrons. The average Bonchev–Trinajstić information content (AvgIpc) is 2.19. The zero-order valence-corrected chi connectivity index (χ0v) is 9.14. The molecule has 9 heteroatoms. The van der Waals surface area contributed by atoms with Crippen LogP contribution < -0.4 is 0 Å². The van der Waals surface area contributed by atoms with E-state index in [1.165, 1.54) is 0 Å². The van der Waals surface area contributed by atoms with Crippen LogP contribution in [-0.2, 0) is 14.2 Å². The van der Waals surface area contributed by atoms with Crippen molar-refractivity contribution in [1.29, 1.82) is 0 Å². The van der Waals surface area contributed by atoms with Crippen molar-refractivity contribution in [2.24, 2.45) is 0 Å². The summed E-state index contributed by atoms with van der Waals surface area (Å²) in [5.41, 5.74) is 0. The summed E-state index contributed by atoms with van der Waals surface area (Å²) in [6.07, 6.45) is -7.08. The number of carboxylic acid groups (broad SMARTS) is 3. The molecular formula is C9H12O9. The summed E-state index contributed by atoms with van der Waals surface area (Å²) >= 11 is 0. The Labute approximate surface area is 101 Å². The van der Waals surface area contributed by atoms with Crippen molar-refractivity contribution in [2.75, 3.05) is 0 Å². The Hall–Kier alpha value is -2.19. The Morgan fingerprint density at radius 3 is 1.78 bits per heavy atom. The second-order valence-electron chi connectivity index (χ2n) is 3.66. The Bertz CT molecular complexity index is 339. The van der Waals surface area contributed by atoms with Crippen molar-refractivity contribution >= 4 is 18.5 Å². The maximum absolute atomic E-state index is 10.4. The Kier molecular flexibility index (Phi) is 4.58. The lowest BCUT2D eigenvalue weighted by atomic mass is 9.92. The van der Waals surface area contributed by atoms with Gasteiger partial charge in [-0.15, -0.1) is 0 Å². The van der Waals surface area contributed by atoms with Crippen molar-refractivity contribution < 1.29 is 43.9 Å². The molecule has 0 aliphatic heterocycles. The van der Waals surface area contributed by atoms with Crippen LogP contribution in [0.15, 0.2) is 0 Å². The van der Waals surface area contributed by atoms with E-state index in [4.69, 9.17) is 15.3 Å². The van der Waals surface area contributed by atoms with Gasteiger partial charge in [0.15, 0.2) is 0 Å². The number of ether oxygens (including phenoxy) is 3. The van der Waals surface area contributed by atoms with E-state index in [1.54, 1.807) is 0 Å². The monoisotopic (exact) mass is 264 g/mol. The molecule has 0 heterocycles. The third-order valence-corrected chi connectivity index (χ3v) is 2.45. The van der Waals surface area contributed by atoms with E-state index in [0.29, 0.717) is 0 Å². The maximum Gasteiger partial charge on any atom is 0.506 e. The highest BCUT2D eigenvalue weighted by Gasteiger charge is 2.37. The summed E-state index contributed by atoms with van der Waals surface area (Å²) in [4.78, 5) is 31.2. The van der Waals surface area contributed by atoms with Gasteiger partial charge in [0, 0.05) is 6.42 Å². The van der Waals surface area contributed by atoms with E-state index < -0.39 is 36.8 Å². The molecule has 3 unspecified atom stereocenters. The fourth-order valence-electron chi connectivity index (χ4n) is 1.83. The van der Waals surface area contributed by atoms with Gasteiger partial charge in [-0.3, -0.25) is 0 Å². The van der Waals surface area contributed by atoms with Gasteiger partial charge in [-0.2, -0.15) is 0 Å². The van der Waals surface area contributed by atoms with Crippen LogP contribution in [0.25, 0.3) is 0 Å². The third-order valence-electron chi connectivity index (χ3n) is 2.45. The molecule has 1 aliphatic carbocycles. The predicted octanol–water partition coefficient (Wildman–Crippen LogP) is 1.36. The van der Waals surface area contributed by atoms with E-state index in [2.05, 4.69) is 14.2 Å². The van der Waals surface area contributed by atoms with Gasteiger partial charge in [0.1, 0.15) is 18.3 Å². The summed E-state index contributed by atoms with van der Waals surface area (Å²) in [5.74, 6) is 0. The molecule has 0 aromatic carbocycles.